The van der Waals surface area contributed by atoms with Gasteiger partial charge in [0, 0.05) is 30.8 Å². The molecule has 0 aliphatic carbocycles. The highest BCUT2D eigenvalue weighted by molar-refractivity contribution is 5.91. The van der Waals surface area contributed by atoms with Crippen molar-refractivity contribution in [1.82, 2.24) is 20.3 Å². The van der Waals surface area contributed by atoms with Crippen LogP contribution in [-0.4, -0.2) is 34.0 Å². The average Bonchev–Trinajstić information content (AvgIpc) is 3.10. The smallest absolute Gasteiger partial charge is 0.226 e. The third-order valence-corrected chi connectivity index (χ3v) is 4.51. The fourth-order valence-electron chi connectivity index (χ4n) is 3.09. The molecule has 0 spiro atoms. The number of rotatable bonds is 6. The molecule has 1 aromatic carbocycles. The molecule has 1 saturated heterocycles. The van der Waals surface area contributed by atoms with Gasteiger partial charge >= 0.3 is 0 Å². The van der Waals surface area contributed by atoms with Crippen molar-refractivity contribution in [2.24, 2.45) is 0 Å². The molecule has 2 N–H and O–H groups in total. The third-order valence-electron chi connectivity index (χ3n) is 4.51. The van der Waals surface area contributed by atoms with Crippen LogP contribution < -0.4 is 10.6 Å². The maximum absolute atomic E-state index is 12.2. The number of nitrogens with zero attached hydrogens (tertiary/aromatic N) is 3. The Morgan fingerprint density at radius 2 is 2.29 bits per heavy atom. The average molecular weight is 327 g/mol. The number of piperidine rings is 1. The van der Waals surface area contributed by atoms with Crippen molar-refractivity contribution >= 4 is 11.6 Å². The summed E-state index contributed by atoms with van der Waals surface area (Å²) in [7, 11) is 0. The number of benzene rings is 1. The largest absolute Gasteiger partial charge is 0.326 e. The summed E-state index contributed by atoms with van der Waals surface area (Å²) in [5, 5.41) is 14.8. The van der Waals surface area contributed by atoms with Gasteiger partial charge in [-0.2, -0.15) is 0 Å². The molecule has 24 heavy (non-hydrogen) atoms. The molecule has 6 nitrogen and oxygen atoms in total. The second kappa shape index (κ2) is 8.06. The highest BCUT2D eigenvalue weighted by Gasteiger charge is 2.18. The van der Waals surface area contributed by atoms with Crippen LogP contribution in [0.1, 0.15) is 43.4 Å². The second-order valence-electron chi connectivity index (χ2n) is 6.26. The number of amides is 1. The van der Waals surface area contributed by atoms with Gasteiger partial charge in [-0.25, -0.2) is 0 Å². The summed E-state index contributed by atoms with van der Waals surface area (Å²) in [5.41, 5.74) is 3.08. The van der Waals surface area contributed by atoms with Gasteiger partial charge in [0.05, 0.1) is 12.2 Å². The van der Waals surface area contributed by atoms with Gasteiger partial charge in [0.15, 0.2) is 0 Å². The van der Waals surface area contributed by atoms with E-state index in [1.807, 2.05) is 30.5 Å². The van der Waals surface area contributed by atoms with E-state index in [-0.39, 0.29) is 5.91 Å². The summed E-state index contributed by atoms with van der Waals surface area (Å²) in [6, 6.07) is 7.92. The molecule has 1 aliphatic heterocycles. The first-order valence-electron chi connectivity index (χ1n) is 8.74. The van der Waals surface area contributed by atoms with Gasteiger partial charge in [-0.3, -0.25) is 9.48 Å². The molecule has 1 aliphatic rings. The molecular formula is C18H25N5O. The molecule has 0 radical (unpaired) electrons. The van der Waals surface area contributed by atoms with Crippen molar-refractivity contribution in [2.75, 3.05) is 18.4 Å². The maximum atomic E-state index is 12.2. The van der Waals surface area contributed by atoms with Crippen molar-refractivity contribution in [3.63, 3.8) is 0 Å². The number of nitrogens with one attached hydrogen (secondary N) is 2. The number of anilines is 1. The van der Waals surface area contributed by atoms with Gasteiger partial charge in [0.25, 0.3) is 0 Å². The highest BCUT2D eigenvalue weighted by Crippen LogP contribution is 2.20. The van der Waals surface area contributed by atoms with E-state index >= 15 is 0 Å². The molecule has 1 amide bonds. The molecule has 1 atom stereocenters. The van der Waals surface area contributed by atoms with E-state index in [0.29, 0.717) is 18.9 Å². The molecule has 1 aromatic heterocycles. The zero-order valence-corrected chi connectivity index (χ0v) is 14.2. The predicted molar refractivity (Wildman–Crippen MR) is 93.9 cm³/mol. The molecule has 0 bridgehead atoms. The topological polar surface area (TPSA) is 71.8 Å². The standard InChI is InChI=1S/C18H25N5O/c1-2-14-6-3-4-8-16(14)20-18(24)9-11-23-13-17(21-22-23)15-7-5-10-19-12-15/h3-4,6,8,13,15,19H,2,5,7,9-12H2,1H3,(H,20,24)/t15-/m0/s1. The van der Waals surface area contributed by atoms with E-state index in [2.05, 4.69) is 27.9 Å². The number of hydrogen-bond donors (Lipinski definition) is 2. The molecule has 128 valence electrons. The van der Waals surface area contributed by atoms with Crippen LogP contribution >= 0.6 is 0 Å². The normalized spacial score (nSPS) is 17.6. The number of carbonyl (C=O) groups is 1. The summed E-state index contributed by atoms with van der Waals surface area (Å²) < 4.78 is 1.77. The monoisotopic (exact) mass is 327 g/mol. The fraction of sp³-hybridized carbons (Fsp3) is 0.500. The van der Waals surface area contributed by atoms with Crippen LogP contribution in [0, 0.1) is 0 Å². The molecule has 0 unspecified atom stereocenters. The summed E-state index contributed by atoms with van der Waals surface area (Å²) in [6.45, 7) is 4.69. The summed E-state index contributed by atoms with van der Waals surface area (Å²) >= 11 is 0. The van der Waals surface area contributed by atoms with Gasteiger partial charge in [0.2, 0.25) is 5.91 Å². The number of aryl methyl sites for hydroxylation is 2. The quantitative estimate of drug-likeness (QED) is 0.854. The molecule has 2 aromatic rings. The van der Waals surface area contributed by atoms with Crippen molar-refractivity contribution in [3.05, 3.63) is 41.7 Å². The fourth-order valence-corrected chi connectivity index (χ4v) is 3.09. The predicted octanol–water partition coefficient (Wildman–Crippen LogP) is 2.34. The van der Waals surface area contributed by atoms with Crippen LogP contribution in [0.3, 0.4) is 0 Å². The first kappa shape index (κ1) is 16.6. The Kier molecular flexibility index (Phi) is 5.59. The molecule has 0 saturated carbocycles. The Balaban J connectivity index is 1.52. The highest BCUT2D eigenvalue weighted by atomic mass is 16.1. The minimum absolute atomic E-state index is 0.00674. The van der Waals surface area contributed by atoms with Gasteiger partial charge in [-0.05, 0) is 37.4 Å². The van der Waals surface area contributed by atoms with Crippen LogP contribution in [-0.2, 0) is 17.8 Å². The van der Waals surface area contributed by atoms with Crippen LogP contribution in [0.4, 0.5) is 5.69 Å². The summed E-state index contributed by atoms with van der Waals surface area (Å²) in [4.78, 5) is 12.2. The first-order valence-corrected chi connectivity index (χ1v) is 8.74. The number of hydrogen-bond acceptors (Lipinski definition) is 4. The number of para-hydroxylation sites is 1. The number of carbonyl (C=O) groups excluding carboxylic acids is 1. The lowest BCUT2D eigenvalue weighted by Gasteiger charge is -2.20. The van der Waals surface area contributed by atoms with E-state index < -0.39 is 0 Å². The SMILES string of the molecule is CCc1ccccc1NC(=O)CCn1cc([C@H]2CCCNC2)nn1. The van der Waals surface area contributed by atoms with E-state index in [4.69, 9.17) is 0 Å². The molecule has 1 fully saturated rings. The molecule has 6 heteroatoms. The Bertz CT molecular complexity index is 676. The Labute approximate surface area is 142 Å². The molecule has 2 heterocycles. The van der Waals surface area contributed by atoms with E-state index in [9.17, 15) is 4.79 Å². The Morgan fingerprint density at radius 3 is 3.08 bits per heavy atom. The molecule has 3 rings (SSSR count). The van der Waals surface area contributed by atoms with Crippen LogP contribution in [0.2, 0.25) is 0 Å². The molecular weight excluding hydrogens is 302 g/mol. The van der Waals surface area contributed by atoms with E-state index in [1.54, 1.807) is 4.68 Å². The van der Waals surface area contributed by atoms with Crippen molar-refractivity contribution in [1.29, 1.82) is 0 Å². The third kappa shape index (κ3) is 4.20. The van der Waals surface area contributed by atoms with E-state index in [0.717, 1.165) is 42.9 Å². The maximum Gasteiger partial charge on any atom is 0.226 e. The zero-order chi connectivity index (χ0) is 16.8. The van der Waals surface area contributed by atoms with Crippen LogP contribution in [0.15, 0.2) is 30.5 Å². The lowest BCUT2D eigenvalue weighted by Crippen LogP contribution is -2.28. The summed E-state index contributed by atoms with van der Waals surface area (Å²) in [6.07, 6.45) is 5.60. The van der Waals surface area contributed by atoms with E-state index in [1.165, 1.54) is 6.42 Å². The van der Waals surface area contributed by atoms with Gasteiger partial charge in [-0.1, -0.05) is 30.3 Å². The van der Waals surface area contributed by atoms with Crippen LogP contribution in [0.25, 0.3) is 0 Å². The van der Waals surface area contributed by atoms with Gasteiger partial charge in [0.1, 0.15) is 0 Å². The lowest BCUT2D eigenvalue weighted by molar-refractivity contribution is -0.116. The van der Waals surface area contributed by atoms with Crippen molar-refractivity contribution < 1.29 is 4.79 Å². The van der Waals surface area contributed by atoms with Crippen molar-refractivity contribution in [3.8, 4) is 0 Å². The first-order chi connectivity index (χ1) is 11.8. The minimum Gasteiger partial charge on any atom is -0.326 e. The summed E-state index contributed by atoms with van der Waals surface area (Å²) in [5.74, 6) is 0.449. The zero-order valence-electron chi connectivity index (χ0n) is 14.2. The van der Waals surface area contributed by atoms with Gasteiger partial charge < -0.3 is 10.6 Å². The minimum atomic E-state index is 0.00674. The van der Waals surface area contributed by atoms with Crippen LogP contribution in [0.5, 0.6) is 0 Å². The Morgan fingerprint density at radius 1 is 1.42 bits per heavy atom. The lowest BCUT2D eigenvalue weighted by atomic mass is 9.97. The Hall–Kier alpha value is -2.21. The van der Waals surface area contributed by atoms with Gasteiger partial charge in [-0.15, -0.1) is 5.10 Å². The number of aromatic nitrogens is 3. The second-order valence-corrected chi connectivity index (χ2v) is 6.26. The van der Waals surface area contributed by atoms with Crippen molar-refractivity contribution in [2.45, 2.75) is 45.1 Å².